The minimum absolute atomic E-state index is 0.0395. The SMILES string of the molecule is CCNC(=S)NC1=C(N2Cc3ccccc3C2=O)c2c(ccc([N+](=O)[O-])c2C)OC1(C)C. The molecule has 0 atom stereocenters. The van der Waals surface area contributed by atoms with Gasteiger partial charge in [-0.25, -0.2) is 0 Å². The smallest absolute Gasteiger partial charge is 0.273 e. The van der Waals surface area contributed by atoms with Crippen LogP contribution >= 0.6 is 12.2 Å². The zero-order valence-electron chi connectivity index (χ0n) is 18.3. The van der Waals surface area contributed by atoms with Gasteiger partial charge in [-0.15, -0.1) is 0 Å². The van der Waals surface area contributed by atoms with Crippen LogP contribution in [0.15, 0.2) is 42.1 Å². The van der Waals surface area contributed by atoms with E-state index in [4.69, 9.17) is 17.0 Å². The molecule has 0 bridgehead atoms. The Kier molecular flexibility index (Phi) is 5.37. The van der Waals surface area contributed by atoms with E-state index in [1.54, 1.807) is 24.0 Å². The third-order valence-electron chi connectivity index (χ3n) is 5.70. The molecule has 2 aliphatic heterocycles. The lowest BCUT2D eigenvalue weighted by molar-refractivity contribution is -0.385. The summed E-state index contributed by atoms with van der Waals surface area (Å²) in [7, 11) is 0. The monoisotopic (exact) mass is 452 g/mol. The number of carbonyl (C=O) groups excluding carboxylic acids is 1. The Morgan fingerprint density at radius 3 is 2.66 bits per heavy atom. The molecule has 4 rings (SSSR count). The van der Waals surface area contributed by atoms with Gasteiger partial charge in [-0.2, -0.15) is 0 Å². The Bertz CT molecular complexity index is 1190. The maximum atomic E-state index is 13.4. The number of hydrogen-bond donors (Lipinski definition) is 2. The molecular formula is C23H24N4O4S. The predicted octanol–water partition coefficient (Wildman–Crippen LogP) is 3.88. The topological polar surface area (TPSA) is 96.7 Å². The van der Waals surface area contributed by atoms with Crippen molar-refractivity contribution in [2.75, 3.05) is 6.54 Å². The molecule has 2 aromatic carbocycles. The van der Waals surface area contributed by atoms with Crippen LogP contribution in [-0.2, 0) is 6.54 Å². The highest BCUT2D eigenvalue weighted by atomic mass is 32.1. The van der Waals surface area contributed by atoms with E-state index in [1.807, 2.05) is 39.0 Å². The molecule has 0 saturated heterocycles. The number of carbonyl (C=O) groups is 1. The summed E-state index contributed by atoms with van der Waals surface area (Å²) in [5.74, 6) is 0.315. The lowest BCUT2D eigenvalue weighted by atomic mass is 9.91. The Morgan fingerprint density at radius 1 is 1.28 bits per heavy atom. The second kappa shape index (κ2) is 7.90. The van der Waals surface area contributed by atoms with Crippen molar-refractivity contribution in [3.8, 4) is 5.75 Å². The van der Waals surface area contributed by atoms with Crippen molar-refractivity contribution < 1.29 is 14.5 Å². The average molecular weight is 453 g/mol. The standard InChI is InChI=1S/C23H24N4O4S/c1-5-24-22(32)25-20-19(26-12-14-8-6-7-9-15(14)21(26)28)18-13(2)16(27(29)30)10-11-17(18)31-23(20,3)4/h6-11H,5,12H2,1-4H3,(H2,24,25,32). The molecule has 1 amide bonds. The van der Waals surface area contributed by atoms with E-state index in [2.05, 4.69) is 10.6 Å². The van der Waals surface area contributed by atoms with Crippen LogP contribution in [0.4, 0.5) is 5.69 Å². The Morgan fingerprint density at radius 2 is 2.00 bits per heavy atom. The number of thiocarbonyl (C=S) groups is 1. The highest BCUT2D eigenvalue weighted by molar-refractivity contribution is 7.80. The molecule has 0 spiro atoms. The number of hydrogen-bond acceptors (Lipinski definition) is 5. The molecule has 2 aliphatic rings. The number of nitro groups is 1. The number of amides is 1. The summed E-state index contributed by atoms with van der Waals surface area (Å²) in [6.07, 6.45) is 0. The van der Waals surface area contributed by atoms with E-state index in [0.29, 0.717) is 52.0 Å². The van der Waals surface area contributed by atoms with Gasteiger partial charge >= 0.3 is 0 Å². The first-order chi connectivity index (χ1) is 15.2. The highest BCUT2D eigenvalue weighted by Gasteiger charge is 2.43. The maximum absolute atomic E-state index is 13.4. The van der Waals surface area contributed by atoms with Crippen LogP contribution in [0, 0.1) is 17.0 Å². The van der Waals surface area contributed by atoms with Gasteiger partial charge in [0.15, 0.2) is 5.11 Å². The van der Waals surface area contributed by atoms with Crippen LogP contribution in [0.25, 0.3) is 5.70 Å². The van der Waals surface area contributed by atoms with Crippen molar-refractivity contribution in [1.29, 1.82) is 0 Å². The van der Waals surface area contributed by atoms with E-state index >= 15 is 0 Å². The highest BCUT2D eigenvalue weighted by Crippen LogP contribution is 2.47. The molecule has 9 heteroatoms. The summed E-state index contributed by atoms with van der Waals surface area (Å²) in [6, 6.07) is 10.4. The van der Waals surface area contributed by atoms with Crippen molar-refractivity contribution in [3.05, 3.63) is 74.5 Å². The third-order valence-corrected chi connectivity index (χ3v) is 5.95. The molecule has 0 unspecified atom stereocenters. The van der Waals surface area contributed by atoms with Crippen LogP contribution in [0.1, 0.15) is 47.8 Å². The van der Waals surface area contributed by atoms with E-state index in [1.165, 1.54) is 6.07 Å². The molecule has 2 heterocycles. The van der Waals surface area contributed by atoms with Gasteiger partial charge in [-0.3, -0.25) is 14.9 Å². The molecular weight excluding hydrogens is 428 g/mol. The summed E-state index contributed by atoms with van der Waals surface area (Å²) >= 11 is 5.44. The van der Waals surface area contributed by atoms with Crippen molar-refractivity contribution in [2.24, 2.45) is 0 Å². The Hall–Kier alpha value is -3.46. The zero-order chi connectivity index (χ0) is 23.2. The van der Waals surface area contributed by atoms with E-state index in [9.17, 15) is 14.9 Å². The second-order valence-corrected chi connectivity index (χ2v) is 8.62. The number of rotatable bonds is 4. The molecule has 32 heavy (non-hydrogen) atoms. The van der Waals surface area contributed by atoms with E-state index in [0.717, 1.165) is 5.56 Å². The van der Waals surface area contributed by atoms with Crippen LogP contribution in [0.3, 0.4) is 0 Å². The fourth-order valence-corrected chi connectivity index (χ4v) is 4.47. The fourth-order valence-electron chi connectivity index (χ4n) is 4.22. The number of nitrogens with zero attached hydrogens (tertiary/aromatic N) is 2. The normalized spacial score (nSPS) is 16.2. The zero-order valence-corrected chi connectivity index (χ0v) is 19.1. The minimum Gasteiger partial charge on any atom is -0.481 e. The van der Waals surface area contributed by atoms with Crippen LogP contribution < -0.4 is 15.4 Å². The first-order valence-corrected chi connectivity index (χ1v) is 10.7. The first-order valence-electron chi connectivity index (χ1n) is 10.3. The van der Waals surface area contributed by atoms with E-state index in [-0.39, 0.29) is 11.6 Å². The van der Waals surface area contributed by atoms with Gasteiger partial charge < -0.3 is 20.3 Å². The van der Waals surface area contributed by atoms with Crippen molar-refractivity contribution in [3.63, 3.8) is 0 Å². The van der Waals surface area contributed by atoms with Crippen molar-refractivity contribution in [1.82, 2.24) is 15.5 Å². The van der Waals surface area contributed by atoms with Crippen LogP contribution in [0.5, 0.6) is 5.75 Å². The number of fused-ring (bicyclic) bond motifs is 2. The largest absolute Gasteiger partial charge is 0.481 e. The summed E-state index contributed by atoms with van der Waals surface area (Å²) in [5, 5.41) is 18.3. The molecule has 0 aromatic heterocycles. The van der Waals surface area contributed by atoms with Gasteiger partial charge in [0.25, 0.3) is 11.6 Å². The van der Waals surface area contributed by atoms with Crippen molar-refractivity contribution >= 4 is 34.6 Å². The Balaban J connectivity index is 1.98. The van der Waals surface area contributed by atoms with Gasteiger partial charge in [-0.1, -0.05) is 18.2 Å². The van der Waals surface area contributed by atoms with Gasteiger partial charge in [0.1, 0.15) is 11.4 Å². The molecule has 166 valence electrons. The number of benzene rings is 2. The van der Waals surface area contributed by atoms with Gasteiger partial charge in [0, 0.05) is 23.7 Å². The Labute approximate surface area is 191 Å². The van der Waals surface area contributed by atoms with Crippen LogP contribution in [0.2, 0.25) is 0 Å². The molecule has 0 fully saturated rings. The molecule has 8 nitrogen and oxygen atoms in total. The molecule has 2 aromatic rings. The van der Waals surface area contributed by atoms with Crippen LogP contribution in [-0.4, -0.2) is 33.0 Å². The molecule has 0 aliphatic carbocycles. The number of nitro benzene ring substituents is 1. The molecule has 0 radical (unpaired) electrons. The van der Waals surface area contributed by atoms with Crippen molar-refractivity contribution in [2.45, 2.75) is 39.8 Å². The first kappa shape index (κ1) is 21.8. The lowest BCUT2D eigenvalue weighted by Crippen LogP contribution is -2.48. The maximum Gasteiger partial charge on any atom is 0.273 e. The van der Waals surface area contributed by atoms with Gasteiger partial charge in [-0.05, 0) is 57.6 Å². The molecule has 2 N–H and O–H groups in total. The number of nitrogens with one attached hydrogen (secondary N) is 2. The molecule has 0 saturated carbocycles. The summed E-state index contributed by atoms with van der Waals surface area (Å²) in [4.78, 5) is 26.3. The quantitative estimate of drug-likeness (QED) is 0.413. The number of ether oxygens (including phenoxy) is 1. The summed E-state index contributed by atoms with van der Waals surface area (Å²) in [5.41, 5.74) is 2.65. The predicted molar refractivity (Wildman–Crippen MR) is 125 cm³/mol. The summed E-state index contributed by atoms with van der Waals surface area (Å²) in [6.45, 7) is 8.31. The fraction of sp³-hybridized carbons (Fsp3) is 0.304. The minimum atomic E-state index is -0.876. The second-order valence-electron chi connectivity index (χ2n) is 8.21. The average Bonchev–Trinajstić information content (AvgIpc) is 3.05. The lowest BCUT2D eigenvalue weighted by Gasteiger charge is -2.40. The van der Waals surface area contributed by atoms with E-state index < -0.39 is 10.5 Å². The van der Waals surface area contributed by atoms with Gasteiger partial charge in [0.05, 0.1) is 28.4 Å². The summed E-state index contributed by atoms with van der Waals surface area (Å²) < 4.78 is 6.26. The van der Waals surface area contributed by atoms with Gasteiger partial charge in [0.2, 0.25) is 0 Å². The third kappa shape index (κ3) is 3.48.